The van der Waals surface area contributed by atoms with Crippen LogP contribution in [0.5, 0.6) is 0 Å². The molecule has 1 aromatic carbocycles. The number of likely N-dealkylation sites (tertiary alicyclic amines) is 1. The van der Waals surface area contributed by atoms with Crippen LogP contribution in [0.3, 0.4) is 0 Å². The van der Waals surface area contributed by atoms with Crippen molar-refractivity contribution in [2.75, 3.05) is 13.1 Å². The van der Waals surface area contributed by atoms with Gasteiger partial charge in [0.25, 0.3) is 5.91 Å². The van der Waals surface area contributed by atoms with Crippen molar-refractivity contribution in [3.63, 3.8) is 0 Å². The van der Waals surface area contributed by atoms with Crippen LogP contribution < -0.4 is 10.2 Å². The van der Waals surface area contributed by atoms with E-state index in [0.717, 1.165) is 0 Å². The van der Waals surface area contributed by atoms with Crippen LogP contribution in [0.2, 0.25) is 0 Å². The highest BCUT2D eigenvalue weighted by Gasteiger charge is 2.27. The van der Waals surface area contributed by atoms with Gasteiger partial charge in [-0.1, -0.05) is 0 Å². The van der Waals surface area contributed by atoms with E-state index in [2.05, 4.69) is 15.3 Å². The molecule has 0 bridgehead atoms. The van der Waals surface area contributed by atoms with Crippen molar-refractivity contribution in [1.29, 1.82) is 5.53 Å². The smallest absolute Gasteiger partial charge is 0.410 e. The number of benzene rings is 1. The standard InChI is InChI=1S/C17H23N5O3/c1-17(2,3)25-16(24)22-10-8-13(9-11-22)19-15(23)12-4-6-14(7-5-12)20-21-18/h4-7,13,18H,8-11H2,1-3H3/p+1. The highest BCUT2D eigenvalue weighted by atomic mass is 16.6. The molecule has 8 heteroatoms. The van der Waals surface area contributed by atoms with Crippen LogP contribution in [0, 0.1) is 5.53 Å². The Kier molecular flexibility index (Phi) is 5.88. The number of nitrogens with zero attached hydrogens (tertiary/aromatic N) is 3. The molecule has 2 amide bonds. The normalized spacial score (nSPS) is 15.2. The lowest BCUT2D eigenvalue weighted by molar-refractivity contribution is 0.0199. The van der Waals surface area contributed by atoms with Crippen LogP contribution in [-0.2, 0) is 4.74 Å². The van der Waals surface area contributed by atoms with E-state index in [9.17, 15) is 9.59 Å². The second-order valence-corrected chi connectivity index (χ2v) is 6.96. The zero-order valence-corrected chi connectivity index (χ0v) is 14.8. The van der Waals surface area contributed by atoms with Crippen molar-refractivity contribution in [2.45, 2.75) is 45.3 Å². The fourth-order valence-electron chi connectivity index (χ4n) is 2.54. The first-order valence-corrected chi connectivity index (χ1v) is 8.25. The lowest BCUT2D eigenvalue weighted by Gasteiger charge is -2.33. The summed E-state index contributed by atoms with van der Waals surface area (Å²) in [6, 6.07) is 6.60. The second kappa shape index (κ2) is 7.90. The van der Waals surface area contributed by atoms with Gasteiger partial charge in [-0.3, -0.25) is 4.79 Å². The summed E-state index contributed by atoms with van der Waals surface area (Å²) in [4.78, 5) is 28.9. The van der Waals surface area contributed by atoms with Gasteiger partial charge in [0.05, 0.1) is 0 Å². The molecule has 1 aliphatic heterocycles. The average molecular weight is 346 g/mol. The Morgan fingerprint density at radius 2 is 1.84 bits per heavy atom. The van der Waals surface area contributed by atoms with E-state index in [1.807, 2.05) is 20.8 Å². The van der Waals surface area contributed by atoms with Gasteiger partial charge in [-0.05, 0) is 57.9 Å². The molecule has 0 spiro atoms. The zero-order chi connectivity index (χ0) is 18.4. The third kappa shape index (κ3) is 5.69. The van der Waals surface area contributed by atoms with Crippen LogP contribution in [0.4, 0.5) is 10.5 Å². The molecule has 1 aliphatic rings. The molecule has 1 fully saturated rings. The molecule has 0 aromatic heterocycles. The topological polar surface area (TPSA) is 109 Å². The van der Waals surface area contributed by atoms with E-state index in [4.69, 9.17) is 10.3 Å². The number of nitrogens with one attached hydrogen (secondary N) is 2. The van der Waals surface area contributed by atoms with E-state index in [-0.39, 0.29) is 18.0 Å². The second-order valence-electron chi connectivity index (χ2n) is 6.96. The fraction of sp³-hybridized carbons (Fsp3) is 0.529. The van der Waals surface area contributed by atoms with Crippen LogP contribution >= 0.6 is 0 Å². The first-order chi connectivity index (χ1) is 11.8. The molecule has 0 aliphatic carbocycles. The van der Waals surface area contributed by atoms with Gasteiger partial charge in [0.15, 0.2) is 10.8 Å². The number of ether oxygens (including phenoxy) is 1. The summed E-state index contributed by atoms with van der Waals surface area (Å²) in [7, 11) is 0. The Morgan fingerprint density at radius 3 is 2.36 bits per heavy atom. The minimum atomic E-state index is -0.506. The molecule has 25 heavy (non-hydrogen) atoms. The van der Waals surface area contributed by atoms with Crippen LogP contribution in [0.25, 0.3) is 0 Å². The number of piperidine rings is 1. The zero-order valence-electron chi connectivity index (χ0n) is 14.8. The summed E-state index contributed by atoms with van der Waals surface area (Å²) in [5, 5.41) is 6.57. The largest absolute Gasteiger partial charge is 0.444 e. The van der Waals surface area contributed by atoms with Gasteiger partial charge >= 0.3 is 6.09 Å². The Balaban J connectivity index is 1.84. The number of carbonyl (C=O) groups excluding carboxylic acids is 2. The van der Waals surface area contributed by atoms with E-state index >= 15 is 0 Å². The summed E-state index contributed by atoms with van der Waals surface area (Å²) in [6.07, 6.45) is 1.07. The molecule has 1 saturated heterocycles. The third-order valence-corrected chi connectivity index (χ3v) is 3.78. The van der Waals surface area contributed by atoms with Crippen LogP contribution in [0.15, 0.2) is 29.4 Å². The highest BCUT2D eigenvalue weighted by molar-refractivity contribution is 5.94. The summed E-state index contributed by atoms with van der Waals surface area (Å²) < 4.78 is 5.36. The minimum Gasteiger partial charge on any atom is -0.444 e. The molecule has 2 N–H and O–H groups in total. The van der Waals surface area contributed by atoms with Crippen molar-refractivity contribution in [2.24, 2.45) is 5.11 Å². The summed E-state index contributed by atoms with van der Waals surface area (Å²) >= 11 is 0. The van der Waals surface area contributed by atoms with Crippen molar-refractivity contribution < 1.29 is 14.3 Å². The van der Waals surface area contributed by atoms with E-state index < -0.39 is 5.60 Å². The molecule has 2 rings (SSSR count). The van der Waals surface area contributed by atoms with Crippen LogP contribution in [-0.4, -0.2) is 41.6 Å². The first kappa shape index (κ1) is 18.6. The summed E-state index contributed by atoms with van der Waals surface area (Å²) in [6.45, 7) is 6.64. The molecule has 0 atom stereocenters. The molecular formula is C17H24N5O3+. The Hall–Kier alpha value is -2.73. The molecule has 0 unspecified atom stereocenters. The third-order valence-electron chi connectivity index (χ3n) is 3.78. The number of hydrogen-bond donors (Lipinski definition) is 2. The van der Waals surface area contributed by atoms with Gasteiger partial charge in [-0.15, -0.1) is 0 Å². The van der Waals surface area contributed by atoms with Gasteiger partial charge in [0.1, 0.15) is 11.1 Å². The lowest BCUT2D eigenvalue weighted by atomic mass is 10.0. The lowest BCUT2D eigenvalue weighted by Crippen LogP contribution is -2.47. The predicted molar refractivity (Wildman–Crippen MR) is 91.7 cm³/mol. The fourth-order valence-corrected chi connectivity index (χ4v) is 2.54. The molecule has 0 radical (unpaired) electrons. The van der Waals surface area contributed by atoms with Gasteiger partial charge in [-0.25, -0.2) is 4.79 Å². The van der Waals surface area contributed by atoms with Crippen molar-refractivity contribution in [3.8, 4) is 0 Å². The van der Waals surface area contributed by atoms with Crippen molar-refractivity contribution >= 4 is 17.7 Å². The SMILES string of the molecule is CC(C)(C)OC(=O)N1CCC(NC(=O)c2ccc(N=[N+]=N)cc2)CC1. The Labute approximate surface area is 146 Å². The van der Waals surface area contributed by atoms with E-state index in [1.165, 1.54) is 0 Å². The molecule has 1 aromatic rings. The summed E-state index contributed by atoms with van der Waals surface area (Å²) in [5.41, 5.74) is 7.23. The van der Waals surface area contributed by atoms with Crippen LogP contribution in [0.1, 0.15) is 44.0 Å². The first-order valence-electron chi connectivity index (χ1n) is 8.25. The Bertz CT molecular complexity index is 667. The molecule has 8 nitrogen and oxygen atoms in total. The van der Waals surface area contributed by atoms with E-state index in [0.29, 0.717) is 37.2 Å². The predicted octanol–water partition coefficient (Wildman–Crippen LogP) is 3.00. The minimum absolute atomic E-state index is 0.0267. The summed E-state index contributed by atoms with van der Waals surface area (Å²) in [5.74, 6) is -0.162. The van der Waals surface area contributed by atoms with Crippen molar-refractivity contribution in [1.82, 2.24) is 15.1 Å². The van der Waals surface area contributed by atoms with E-state index in [1.54, 1.807) is 29.2 Å². The average Bonchev–Trinajstić information content (AvgIpc) is 2.55. The maximum absolute atomic E-state index is 12.3. The maximum Gasteiger partial charge on any atom is 0.410 e. The van der Waals surface area contributed by atoms with Gasteiger partial charge < -0.3 is 15.0 Å². The number of amides is 2. The number of rotatable bonds is 3. The van der Waals surface area contributed by atoms with Crippen molar-refractivity contribution in [3.05, 3.63) is 29.8 Å². The Morgan fingerprint density at radius 1 is 1.24 bits per heavy atom. The quantitative estimate of drug-likeness (QED) is 0.648. The molecular weight excluding hydrogens is 322 g/mol. The molecule has 0 saturated carbocycles. The monoisotopic (exact) mass is 346 g/mol. The van der Waals surface area contributed by atoms with Gasteiger partial charge in [0.2, 0.25) is 4.91 Å². The molecule has 1 heterocycles. The highest BCUT2D eigenvalue weighted by Crippen LogP contribution is 2.17. The van der Waals surface area contributed by atoms with Gasteiger partial charge in [0, 0.05) is 24.7 Å². The molecule has 134 valence electrons. The number of hydrogen-bond acceptors (Lipinski definition) is 5. The maximum atomic E-state index is 12.3. The van der Waals surface area contributed by atoms with Gasteiger partial charge in [-0.2, -0.15) is 0 Å². The number of carbonyl (C=O) groups is 2.